The molecular weight excluding hydrogens is 250 g/mol. The minimum absolute atomic E-state index is 0.110. The fraction of sp³-hybridized carbons (Fsp3) is 0.312. The zero-order valence-corrected chi connectivity index (χ0v) is 11.3. The van der Waals surface area contributed by atoms with Gasteiger partial charge in [0.2, 0.25) is 0 Å². The summed E-state index contributed by atoms with van der Waals surface area (Å²) in [6.45, 7) is 1.72. The summed E-state index contributed by atoms with van der Waals surface area (Å²) in [6, 6.07) is 9.50. The average Bonchev–Trinajstić information content (AvgIpc) is 2.56. The van der Waals surface area contributed by atoms with E-state index in [2.05, 4.69) is 9.97 Å². The van der Waals surface area contributed by atoms with Crippen LogP contribution < -0.4 is 0 Å². The molecule has 1 fully saturated rings. The van der Waals surface area contributed by atoms with Crippen LogP contribution in [0.2, 0.25) is 0 Å². The van der Waals surface area contributed by atoms with Crippen molar-refractivity contribution < 1.29 is 4.79 Å². The summed E-state index contributed by atoms with van der Waals surface area (Å²) in [4.78, 5) is 22.8. The second-order valence-corrected chi connectivity index (χ2v) is 4.99. The van der Waals surface area contributed by atoms with Gasteiger partial charge in [-0.05, 0) is 31.4 Å². The van der Waals surface area contributed by atoms with E-state index in [0.29, 0.717) is 0 Å². The predicted molar refractivity (Wildman–Crippen MR) is 77.2 cm³/mol. The molecule has 0 N–H and O–H groups in total. The molecule has 0 saturated carbocycles. The van der Waals surface area contributed by atoms with Gasteiger partial charge in [0.05, 0.1) is 5.69 Å². The molecule has 0 bridgehead atoms. The van der Waals surface area contributed by atoms with E-state index < -0.39 is 0 Å². The normalized spacial score (nSPS) is 15.1. The Balaban J connectivity index is 1.95. The van der Waals surface area contributed by atoms with E-state index in [0.717, 1.165) is 42.8 Å². The Hall–Kier alpha value is -2.23. The highest BCUT2D eigenvalue weighted by Crippen LogP contribution is 2.23. The number of hydrogen-bond donors (Lipinski definition) is 0. The lowest BCUT2D eigenvalue weighted by atomic mass is 10.0. The number of rotatable bonds is 2. The second kappa shape index (κ2) is 5.82. The van der Waals surface area contributed by atoms with Crippen LogP contribution in [0.4, 0.5) is 0 Å². The molecule has 0 radical (unpaired) electrons. The number of piperidine rings is 1. The van der Waals surface area contributed by atoms with Gasteiger partial charge in [-0.25, -0.2) is 9.97 Å². The fourth-order valence-corrected chi connectivity index (χ4v) is 2.61. The molecule has 0 atom stereocenters. The summed E-state index contributed by atoms with van der Waals surface area (Å²) in [7, 11) is 0. The summed E-state index contributed by atoms with van der Waals surface area (Å²) in [5, 5.41) is 0. The zero-order chi connectivity index (χ0) is 13.8. The number of aromatic nitrogens is 2. The van der Waals surface area contributed by atoms with Crippen molar-refractivity contribution in [2.45, 2.75) is 19.3 Å². The van der Waals surface area contributed by atoms with Gasteiger partial charge in [0.1, 0.15) is 6.33 Å². The molecule has 1 saturated heterocycles. The summed E-state index contributed by atoms with van der Waals surface area (Å²) in [5.41, 5.74) is 2.40. The minimum Gasteiger partial charge on any atom is -0.339 e. The second-order valence-electron chi connectivity index (χ2n) is 4.99. The molecule has 0 aliphatic carbocycles. The van der Waals surface area contributed by atoms with Crippen molar-refractivity contribution in [3.05, 3.63) is 48.4 Å². The first-order valence-electron chi connectivity index (χ1n) is 7.01. The van der Waals surface area contributed by atoms with Gasteiger partial charge < -0.3 is 4.90 Å². The Kier molecular flexibility index (Phi) is 3.72. The molecule has 1 amide bonds. The van der Waals surface area contributed by atoms with Crippen LogP contribution in [-0.2, 0) is 0 Å². The van der Waals surface area contributed by atoms with Crippen molar-refractivity contribution in [1.82, 2.24) is 14.9 Å². The van der Waals surface area contributed by atoms with Crippen molar-refractivity contribution in [2.24, 2.45) is 0 Å². The topological polar surface area (TPSA) is 46.1 Å². The highest BCUT2D eigenvalue weighted by Gasteiger charge is 2.21. The van der Waals surface area contributed by atoms with Crippen LogP contribution in [0.1, 0.15) is 29.6 Å². The van der Waals surface area contributed by atoms with Gasteiger partial charge in [0.25, 0.3) is 5.91 Å². The van der Waals surface area contributed by atoms with E-state index in [-0.39, 0.29) is 5.91 Å². The molecule has 2 aromatic rings. The van der Waals surface area contributed by atoms with Gasteiger partial charge in [-0.15, -0.1) is 0 Å². The maximum atomic E-state index is 12.7. The molecule has 4 heteroatoms. The standard InChI is InChI=1S/C16H17N3O/c20-16(19-10-4-1-5-11-19)14-7-3-2-6-13(14)15-8-9-17-12-18-15/h2-3,6-9,12H,1,4-5,10-11H2. The zero-order valence-electron chi connectivity index (χ0n) is 11.3. The molecule has 4 nitrogen and oxygen atoms in total. The Bertz CT molecular complexity index is 592. The Morgan fingerprint density at radius 1 is 1.05 bits per heavy atom. The van der Waals surface area contributed by atoms with E-state index in [1.807, 2.05) is 35.2 Å². The maximum Gasteiger partial charge on any atom is 0.254 e. The third-order valence-electron chi connectivity index (χ3n) is 3.66. The lowest BCUT2D eigenvalue weighted by Crippen LogP contribution is -2.35. The van der Waals surface area contributed by atoms with Crippen LogP contribution in [0, 0.1) is 0 Å². The molecule has 1 aliphatic heterocycles. The van der Waals surface area contributed by atoms with E-state index >= 15 is 0 Å². The Morgan fingerprint density at radius 2 is 1.85 bits per heavy atom. The molecule has 3 rings (SSSR count). The van der Waals surface area contributed by atoms with Gasteiger partial charge in [0, 0.05) is 30.4 Å². The molecule has 0 spiro atoms. The third kappa shape index (κ3) is 2.54. The number of hydrogen-bond acceptors (Lipinski definition) is 3. The van der Waals surface area contributed by atoms with Gasteiger partial charge in [-0.1, -0.05) is 18.2 Å². The average molecular weight is 267 g/mol. The maximum absolute atomic E-state index is 12.7. The lowest BCUT2D eigenvalue weighted by Gasteiger charge is -2.27. The molecule has 102 valence electrons. The SMILES string of the molecule is O=C(c1ccccc1-c1ccncn1)N1CCCCC1. The summed E-state index contributed by atoms with van der Waals surface area (Å²) in [5.74, 6) is 0.110. The van der Waals surface area contributed by atoms with E-state index in [1.54, 1.807) is 6.20 Å². The quantitative estimate of drug-likeness (QED) is 0.840. The molecule has 0 unspecified atom stereocenters. The first kappa shape index (κ1) is 12.8. The molecule has 20 heavy (non-hydrogen) atoms. The number of likely N-dealkylation sites (tertiary alicyclic amines) is 1. The van der Waals surface area contributed by atoms with Gasteiger partial charge >= 0.3 is 0 Å². The van der Waals surface area contributed by atoms with Gasteiger partial charge in [0.15, 0.2) is 0 Å². The fourth-order valence-electron chi connectivity index (χ4n) is 2.61. The highest BCUT2D eigenvalue weighted by atomic mass is 16.2. The summed E-state index contributed by atoms with van der Waals surface area (Å²) >= 11 is 0. The van der Waals surface area contributed by atoms with Crippen LogP contribution in [-0.4, -0.2) is 33.9 Å². The molecule has 1 aromatic carbocycles. The van der Waals surface area contributed by atoms with Crippen molar-refractivity contribution in [3.8, 4) is 11.3 Å². The van der Waals surface area contributed by atoms with Crippen LogP contribution in [0.5, 0.6) is 0 Å². The number of nitrogens with zero attached hydrogens (tertiary/aromatic N) is 3. The van der Waals surface area contributed by atoms with Crippen molar-refractivity contribution in [1.29, 1.82) is 0 Å². The largest absolute Gasteiger partial charge is 0.339 e. The van der Waals surface area contributed by atoms with E-state index in [1.165, 1.54) is 12.7 Å². The van der Waals surface area contributed by atoms with Crippen molar-refractivity contribution >= 4 is 5.91 Å². The van der Waals surface area contributed by atoms with Crippen molar-refractivity contribution in [2.75, 3.05) is 13.1 Å². The van der Waals surface area contributed by atoms with Gasteiger partial charge in [-0.2, -0.15) is 0 Å². The highest BCUT2D eigenvalue weighted by molar-refractivity contribution is 6.00. The molecular formula is C16H17N3O. The van der Waals surface area contributed by atoms with E-state index in [9.17, 15) is 4.79 Å². The Labute approximate surface area is 118 Å². The predicted octanol–water partition coefficient (Wildman–Crippen LogP) is 2.77. The van der Waals surface area contributed by atoms with Crippen LogP contribution >= 0.6 is 0 Å². The number of carbonyl (C=O) groups is 1. The third-order valence-corrected chi connectivity index (χ3v) is 3.66. The monoisotopic (exact) mass is 267 g/mol. The van der Waals surface area contributed by atoms with Crippen LogP contribution in [0.15, 0.2) is 42.9 Å². The summed E-state index contributed by atoms with van der Waals surface area (Å²) in [6.07, 6.45) is 6.63. The Morgan fingerprint density at radius 3 is 2.60 bits per heavy atom. The first-order chi connectivity index (χ1) is 9.86. The number of carbonyl (C=O) groups excluding carboxylic acids is 1. The smallest absolute Gasteiger partial charge is 0.254 e. The van der Waals surface area contributed by atoms with Crippen LogP contribution in [0.25, 0.3) is 11.3 Å². The number of amides is 1. The molecule has 2 heterocycles. The van der Waals surface area contributed by atoms with E-state index in [4.69, 9.17) is 0 Å². The molecule has 1 aromatic heterocycles. The minimum atomic E-state index is 0.110. The lowest BCUT2D eigenvalue weighted by molar-refractivity contribution is 0.0725. The van der Waals surface area contributed by atoms with Crippen molar-refractivity contribution in [3.63, 3.8) is 0 Å². The van der Waals surface area contributed by atoms with Crippen LogP contribution in [0.3, 0.4) is 0 Å². The molecule has 1 aliphatic rings. The van der Waals surface area contributed by atoms with Gasteiger partial charge in [-0.3, -0.25) is 4.79 Å². The first-order valence-corrected chi connectivity index (χ1v) is 7.01. The number of benzene rings is 1. The summed E-state index contributed by atoms with van der Waals surface area (Å²) < 4.78 is 0.